The van der Waals surface area contributed by atoms with Gasteiger partial charge in [-0.1, -0.05) is 12.1 Å². The van der Waals surface area contributed by atoms with Crippen LogP contribution in [0.2, 0.25) is 0 Å². The van der Waals surface area contributed by atoms with Crippen LogP contribution in [0.3, 0.4) is 0 Å². The molecule has 0 bridgehead atoms. The second-order valence-corrected chi connectivity index (χ2v) is 4.90. The van der Waals surface area contributed by atoms with Crippen molar-refractivity contribution >= 4 is 23.4 Å². The molecule has 0 aromatic heterocycles. The first-order valence-electron chi connectivity index (χ1n) is 6.64. The van der Waals surface area contributed by atoms with Gasteiger partial charge in [0.2, 0.25) is 5.91 Å². The Balaban J connectivity index is 1.62. The molecule has 6 heteroatoms. The van der Waals surface area contributed by atoms with Gasteiger partial charge in [0.25, 0.3) is 0 Å². The van der Waals surface area contributed by atoms with Crippen molar-refractivity contribution in [2.45, 2.75) is 31.8 Å². The fourth-order valence-corrected chi connectivity index (χ4v) is 1.91. The predicted molar refractivity (Wildman–Crippen MR) is 73.5 cm³/mol. The summed E-state index contributed by atoms with van der Waals surface area (Å²) in [5, 5.41) is 6.70. The molecule has 6 nitrogen and oxygen atoms in total. The highest BCUT2D eigenvalue weighted by molar-refractivity contribution is 6.04. The van der Waals surface area contributed by atoms with Gasteiger partial charge in [-0.15, -0.1) is 0 Å². The normalized spacial score (nSPS) is 18.0. The third-order valence-corrected chi connectivity index (χ3v) is 3.17. The van der Waals surface area contributed by atoms with Crippen molar-refractivity contribution in [1.82, 2.24) is 5.43 Å². The number of benzene rings is 1. The van der Waals surface area contributed by atoms with Crippen molar-refractivity contribution in [3.05, 3.63) is 29.8 Å². The van der Waals surface area contributed by atoms with E-state index >= 15 is 0 Å². The van der Waals surface area contributed by atoms with Crippen LogP contribution in [0.1, 0.15) is 31.2 Å². The van der Waals surface area contributed by atoms with E-state index in [1.807, 2.05) is 12.1 Å². The SMILES string of the molecule is O=C1CCC(c2ccc(NC(=O)OC3CC3)cc2)=NN1. The number of hydrazone groups is 1. The molecule has 0 unspecified atom stereocenters. The van der Waals surface area contributed by atoms with Crippen LogP contribution in [0, 0.1) is 0 Å². The van der Waals surface area contributed by atoms with E-state index in [2.05, 4.69) is 15.8 Å². The van der Waals surface area contributed by atoms with Gasteiger partial charge in [-0.25, -0.2) is 10.2 Å². The van der Waals surface area contributed by atoms with Crippen LogP contribution in [-0.4, -0.2) is 23.8 Å². The molecule has 1 saturated carbocycles. The second-order valence-electron chi connectivity index (χ2n) is 4.90. The molecule has 1 fully saturated rings. The quantitative estimate of drug-likeness (QED) is 0.884. The number of nitrogens with zero attached hydrogens (tertiary/aromatic N) is 1. The zero-order valence-corrected chi connectivity index (χ0v) is 10.9. The van der Waals surface area contributed by atoms with Crippen LogP contribution in [0.15, 0.2) is 29.4 Å². The predicted octanol–water partition coefficient (Wildman–Crippen LogP) is 2.01. The number of hydrogen-bond acceptors (Lipinski definition) is 4. The molecular weight excluding hydrogens is 258 g/mol. The summed E-state index contributed by atoms with van der Waals surface area (Å²) < 4.78 is 5.10. The Morgan fingerprint density at radius 1 is 1.25 bits per heavy atom. The van der Waals surface area contributed by atoms with Crippen LogP contribution in [0.4, 0.5) is 10.5 Å². The highest BCUT2D eigenvalue weighted by Crippen LogP contribution is 2.24. The van der Waals surface area contributed by atoms with Gasteiger partial charge in [0, 0.05) is 18.5 Å². The molecule has 3 rings (SSSR count). The summed E-state index contributed by atoms with van der Waals surface area (Å²) in [7, 11) is 0. The molecule has 104 valence electrons. The van der Waals surface area contributed by atoms with Crippen molar-refractivity contribution in [3.63, 3.8) is 0 Å². The van der Waals surface area contributed by atoms with Crippen molar-refractivity contribution in [1.29, 1.82) is 0 Å². The van der Waals surface area contributed by atoms with Crippen molar-refractivity contribution in [3.8, 4) is 0 Å². The van der Waals surface area contributed by atoms with E-state index in [-0.39, 0.29) is 12.0 Å². The zero-order chi connectivity index (χ0) is 13.9. The van der Waals surface area contributed by atoms with Gasteiger partial charge in [-0.3, -0.25) is 10.1 Å². The minimum atomic E-state index is -0.414. The van der Waals surface area contributed by atoms with Crippen LogP contribution in [0.25, 0.3) is 0 Å². The Morgan fingerprint density at radius 3 is 2.60 bits per heavy atom. The Hall–Kier alpha value is -2.37. The topological polar surface area (TPSA) is 79.8 Å². The van der Waals surface area contributed by atoms with Gasteiger partial charge in [0.15, 0.2) is 0 Å². The number of carbonyl (C=O) groups excluding carboxylic acids is 2. The summed E-state index contributed by atoms with van der Waals surface area (Å²) >= 11 is 0. The van der Waals surface area contributed by atoms with E-state index < -0.39 is 6.09 Å². The lowest BCUT2D eigenvalue weighted by atomic mass is 10.0. The average Bonchev–Trinajstić information content (AvgIpc) is 3.24. The molecule has 20 heavy (non-hydrogen) atoms. The van der Waals surface area contributed by atoms with Gasteiger partial charge in [-0.2, -0.15) is 5.10 Å². The second kappa shape index (κ2) is 5.32. The van der Waals surface area contributed by atoms with Gasteiger partial charge in [-0.05, 0) is 30.5 Å². The summed E-state index contributed by atoms with van der Waals surface area (Å²) in [5.41, 5.74) is 4.93. The van der Waals surface area contributed by atoms with Crippen LogP contribution in [0.5, 0.6) is 0 Å². The highest BCUT2D eigenvalue weighted by atomic mass is 16.6. The number of amides is 2. The van der Waals surface area contributed by atoms with Crippen molar-refractivity contribution in [2.24, 2.45) is 5.10 Å². The lowest BCUT2D eigenvalue weighted by Crippen LogP contribution is -2.25. The molecule has 2 N–H and O–H groups in total. The molecule has 0 radical (unpaired) electrons. The molecule has 0 atom stereocenters. The maximum absolute atomic E-state index is 11.5. The largest absolute Gasteiger partial charge is 0.446 e. The molecule has 1 heterocycles. The fourth-order valence-electron chi connectivity index (χ4n) is 1.91. The monoisotopic (exact) mass is 273 g/mol. The number of rotatable bonds is 3. The number of hydrogen-bond donors (Lipinski definition) is 2. The lowest BCUT2D eigenvalue weighted by molar-refractivity contribution is -0.121. The average molecular weight is 273 g/mol. The van der Waals surface area contributed by atoms with E-state index in [9.17, 15) is 9.59 Å². The molecule has 1 aliphatic heterocycles. The van der Waals surface area contributed by atoms with E-state index in [1.165, 1.54) is 0 Å². The highest BCUT2D eigenvalue weighted by Gasteiger charge is 2.25. The molecular formula is C14H15N3O3. The first-order chi connectivity index (χ1) is 9.70. The third kappa shape index (κ3) is 3.14. The Bertz CT molecular complexity index is 562. The smallest absolute Gasteiger partial charge is 0.411 e. The summed E-state index contributed by atoms with van der Waals surface area (Å²) in [6.45, 7) is 0. The van der Waals surface area contributed by atoms with Gasteiger partial charge >= 0.3 is 6.09 Å². The van der Waals surface area contributed by atoms with Crippen LogP contribution >= 0.6 is 0 Å². The van der Waals surface area contributed by atoms with E-state index in [0.29, 0.717) is 18.5 Å². The summed E-state index contributed by atoms with van der Waals surface area (Å²) in [5.74, 6) is -0.0603. The molecule has 1 aliphatic carbocycles. The van der Waals surface area contributed by atoms with E-state index in [4.69, 9.17) is 4.74 Å². The first kappa shape index (κ1) is 12.7. The minimum Gasteiger partial charge on any atom is -0.446 e. The summed E-state index contributed by atoms with van der Waals surface area (Å²) in [6.07, 6.45) is 2.67. The molecule has 1 aromatic rings. The standard InChI is InChI=1S/C14H15N3O3/c18-13-8-7-12(16-17-13)9-1-3-10(4-2-9)15-14(19)20-11-5-6-11/h1-4,11H,5-8H2,(H,15,19)(H,17,18). The van der Waals surface area contributed by atoms with Crippen molar-refractivity contribution in [2.75, 3.05) is 5.32 Å². The molecule has 2 aliphatic rings. The zero-order valence-electron chi connectivity index (χ0n) is 10.9. The lowest BCUT2D eigenvalue weighted by Gasteiger charge is -2.12. The number of nitrogens with one attached hydrogen (secondary N) is 2. The molecule has 1 aromatic carbocycles. The number of anilines is 1. The van der Waals surface area contributed by atoms with Gasteiger partial charge < -0.3 is 4.74 Å². The fraction of sp³-hybridized carbons (Fsp3) is 0.357. The molecule has 0 saturated heterocycles. The van der Waals surface area contributed by atoms with Crippen LogP contribution < -0.4 is 10.7 Å². The third-order valence-electron chi connectivity index (χ3n) is 3.17. The van der Waals surface area contributed by atoms with Gasteiger partial charge in [0.1, 0.15) is 6.10 Å². The van der Waals surface area contributed by atoms with Crippen molar-refractivity contribution < 1.29 is 14.3 Å². The Kier molecular flexibility index (Phi) is 3.37. The maximum atomic E-state index is 11.5. The number of ether oxygens (including phenoxy) is 1. The number of carbonyl (C=O) groups is 2. The van der Waals surface area contributed by atoms with E-state index in [0.717, 1.165) is 24.1 Å². The first-order valence-corrected chi connectivity index (χ1v) is 6.64. The minimum absolute atomic E-state index is 0.0603. The maximum Gasteiger partial charge on any atom is 0.411 e. The molecule has 2 amide bonds. The Labute approximate surface area is 116 Å². The Morgan fingerprint density at radius 2 is 2.00 bits per heavy atom. The summed E-state index contributed by atoms with van der Waals surface area (Å²) in [4.78, 5) is 22.5. The molecule has 0 spiro atoms. The van der Waals surface area contributed by atoms with Gasteiger partial charge in [0.05, 0.1) is 5.71 Å². The van der Waals surface area contributed by atoms with Crippen LogP contribution in [-0.2, 0) is 9.53 Å². The van der Waals surface area contributed by atoms with E-state index in [1.54, 1.807) is 12.1 Å². The summed E-state index contributed by atoms with van der Waals surface area (Å²) in [6, 6.07) is 7.32.